The van der Waals surface area contributed by atoms with E-state index in [0.717, 1.165) is 6.42 Å². The first-order valence-corrected chi connectivity index (χ1v) is 5.48. The molecule has 0 spiro atoms. The van der Waals surface area contributed by atoms with Crippen LogP contribution in [0.15, 0.2) is 0 Å². The van der Waals surface area contributed by atoms with Gasteiger partial charge in [-0.25, -0.2) is 0 Å². The normalized spacial score (nSPS) is 29.3. The average molecular weight is 198 g/mol. The standard InChI is InChI=1S/C11H22N2O/c1-7(2)13-9(4)10(11(13)14)6-8(3)12-5/h7-10,12H,6H2,1-5H3/t8?,9-,10-/m0/s1. The average Bonchev–Trinajstić information content (AvgIpc) is 2.13. The number of amides is 1. The summed E-state index contributed by atoms with van der Waals surface area (Å²) < 4.78 is 0. The van der Waals surface area contributed by atoms with Gasteiger partial charge in [-0.2, -0.15) is 0 Å². The summed E-state index contributed by atoms with van der Waals surface area (Å²) in [6.45, 7) is 8.42. The number of hydrogen-bond acceptors (Lipinski definition) is 2. The second kappa shape index (κ2) is 4.30. The van der Waals surface area contributed by atoms with E-state index in [9.17, 15) is 4.79 Å². The summed E-state index contributed by atoms with van der Waals surface area (Å²) in [5, 5.41) is 3.18. The maximum absolute atomic E-state index is 11.8. The zero-order valence-corrected chi connectivity index (χ0v) is 9.87. The second-order valence-electron chi connectivity index (χ2n) is 4.61. The first kappa shape index (κ1) is 11.5. The van der Waals surface area contributed by atoms with Crippen LogP contribution in [0.4, 0.5) is 0 Å². The van der Waals surface area contributed by atoms with Crippen LogP contribution in [-0.4, -0.2) is 36.0 Å². The van der Waals surface area contributed by atoms with Gasteiger partial charge in [-0.3, -0.25) is 4.79 Å². The Kier molecular flexibility index (Phi) is 3.53. The van der Waals surface area contributed by atoms with Crippen molar-refractivity contribution in [3.05, 3.63) is 0 Å². The smallest absolute Gasteiger partial charge is 0.228 e. The number of carbonyl (C=O) groups excluding carboxylic acids is 1. The lowest BCUT2D eigenvalue weighted by atomic mass is 9.82. The van der Waals surface area contributed by atoms with Crippen molar-refractivity contribution in [1.82, 2.24) is 10.2 Å². The lowest BCUT2D eigenvalue weighted by Crippen LogP contribution is -2.62. The molecule has 3 atom stereocenters. The van der Waals surface area contributed by atoms with Gasteiger partial charge in [0.05, 0.1) is 5.92 Å². The van der Waals surface area contributed by atoms with Crippen molar-refractivity contribution in [3.8, 4) is 0 Å². The van der Waals surface area contributed by atoms with Gasteiger partial charge < -0.3 is 10.2 Å². The molecule has 0 aromatic carbocycles. The van der Waals surface area contributed by atoms with Crippen molar-refractivity contribution in [1.29, 1.82) is 0 Å². The third-order valence-corrected chi connectivity index (χ3v) is 3.25. The molecule has 0 aromatic rings. The van der Waals surface area contributed by atoms with Crippen LogP contribution < -0.4 is 5.32 Å². The van der Waals surface area contributed by atoms with Gasteiger partial charge >= 0.3 is 0 Å². The molecule has 1 rings (SSSR count). The third-order valence-electron chi connectivity index (χ3n) is 3.25. The van der Waals surface area contributed by atoms with E-state index in [4.69, 9.17) is 0 Å². The highest BCUT2D eigenvalue weighted by atomic mass is 16.2. The first-order chi connectivity index (χ1) is 6.49. The molecule has 82 valence electrons. The van der Waals surface area contributed by atoms with Crippen molar-refractivity contribution in [2.75, 3.05) is 7.05 Å². The summed E-state index contributed by atoms with van der Waals surface area (Å²) in [6, 6.07) is 1.19. The molecular formula is C11H22N2O. The Morgan fingerprint density at radius 1 is 1.43 bits per heavy atom. The lowest BCUT2D eigenvalue weighted by molar-refractivity contribution is -0.159. The summed E-state index contributed by atoms with van der Waals surface area (Å²) >= 11 is 0. The van der Waals surface area contributed by atoms with Crippen molar-refractivity contribution in [3.63, 3.8) is 0 Å². The number of likely N-dealkylation sites (tertiary alicyclic amines) is 1. The van der Waals surface area contributed by atoms with Gasteiger partial charge in [0.2, 0.25) is 5.91 Å². The quantitative estimate of drug-likeness (QED) is 0.689. The molecule has 3 heteroatoms. The van der Waals surface area contributed by atoms with Crippen LogP contribution in [-0.2, 0) is 4.79 Å². The van der Waals surface area contributed by atoms with Crippen LogP contribution in [0.1, 0.15) is 34.1 Å². The Bertz CT molecular complexity index is 215. The number of hydrogen-bond donors (Lipinski definition) is 1. The van der Waals surface area contributed by atoms with Crippen molar-refractivity contribution in [2.24, 2.45) is 5.92 Å². The van der Waals surface area contributed by atoms with Gasteiger partial charge in [-0.15, -0.1) is 0 Å². The highest BCUT2D eigenvalue weighted by Crippen LogP contribution is 2.31. The van der Waals surface area contributed by atoms with Crippen molar-refractivity contribution in [2.45, 2.75) is 52.2 Å². The predicted molar refractivity (Wildman–Crippen MR) is 58.1 cm³/mol. The van der Waals surface area contributed by atoms with E-state index in [0.29, 0.717) is 24.0 Å². The maximum atomic E-state index is 11.8. The van der Waals surface area contributed by atoms with E-state index in [-0.39, 0.29) is 5.92 Å². The fourth-order valence-electron chi connectivity index (χ4n) is 2.23. The zero-order valence-electron chi connectivity index (χ0n) is 9.87. The minimum absolute atomic E-state index is 0.236. The molecule has 0 saturated carbocycles. The molecule has 14 heavy (non-hydrogen) atoms. The zero-order chi connectivity index (χ0) is 10.9. The minimum atomic E-state index is 0.236. The van der Waals surface area contributed by atoms with Gasteiger partial charge in [0.15, 0.2) is 0 Å². The van der Waals surface area contributed by atoms with E-state index >= 15 is 0 Å². The predicted octanol–water partition coefficient (Wildman–Crippen LogP) is 1.24. The fourth-order valence-corrected chi connectivity index (χ4v) is 2.23. The molecule has 0 radical (unpaired) electrons. The summed E-state index contributed by atoms with van der Waals surface area (Å²) in [4.78, 5) is 13.7. The SMILES string of the molecule is CNC(C)C[C@@H]1C(=O)N(C(C)C)[C@H]1C. The molecule has 3 nitrogen and oxygen atoms in total. The van der Waals surface area contributed by atoms with Crippen LogP contribution in [0.3, 0.4) is 0 Å². The minimum Gasteiger partial charge on any atom is -0.336 e. The Hall–Kier alpha value is -0.570. The molecule has 1 unspecified atom stereocenters. The summed E-state index contributed by atoms with van der Waals surface area (Å²) in [5.41, 5.74) is 0. The number of nitrogens with one attached hydrogen (secondary N) is 1. The van der Waals surface area contributed by atoms with Gasteiger partial charge in [-0.05, 0) is 41.2 Å². The first-order valence-electron chi connectivity index (χ1n) is 5.48. The maximum Gasteiger partial charge on any atom is 0.228 e. The molecule has 1 fully saturated rings. The molecule has 0 bridgehead atoms. The second-order valence-corrected chi connectivity index (χ2v) is 4.61. The molecule has 0 aliphatic carbocycles. The van der Waals surface area contributed by atoms with Crippen molar-refractivity contribution < 1.29 is 4.79 Å². The topological polar surface area (TPSA) is 32.3 Å². The molecule has 1 aliphatic heterocycles. The van der Waals surface area contributed by atoms with E-state index in [2.05, 4.69) is 33.0 Å². The monoisotopic (exact) mass is 198 g/mol. The molecule has 1 amide bonds. The van der Waals surface area contributed by atoms with Gasteiger partial charge in [0.1, 0.15) is 0 Å². The van der Waals surface area contributed by atoms with Gasteiger partial charge in [0.25, 0.3) is 0 Å². The third kappa shape index (κ3) is 1.92. The van der Waals surface area contributed by atoms with Crippen LogP contribution >= 0.6 is 0 Å². The van der Waals surface area contributed by atoms with E-state index in [1.165, 1.54) is 0 Å². The van der Waals surface area contributed by atoms with Crippen LogP contribution in [0, 0.1) is 5.92 Å². The Labute approximate surface area is 86.9 Å². The largest absolute Gasteiger partial charge is 0.336 e. The highest BCUT2D eigenvalue weighted by Gasteiger charge is 2.45. The summed E-state index contributed by atoms with van der Waals surface area (Å²) in [5.74, 6) is 0.564. The Morgan fingerprint density at radius 2 is 2.00 bits per heavy atom. The van der Waals surface area contributed by atoms with E-state index in [1.54, 1.807) is 0 Å². The van der Waals surface area contributed by atoms with Crippen molar-refractivity contribution >= 4 is 5.91 Å². The molecule has 1 saturated heterocycles. The van der Waals surface area contributed by atoms with E-state index in [1.807, 2.05) is 11.9 Å². The van der Waals surface area contributed by atoms with Gasteiger partial charge in [0, 0.05) is 18.1 Å². The van der Waals surface area contributed by atoms with Crippen LogP contribution in [0.2, 0.25) is 0 Å². The number of rotatable bonds is 4. The number of β-lactam (4-membered cyclic amide) rings is 1. The number of carbonyl (C=O) groups is 1. The molecule has 0 aromatic heterocycles. The Morgan fingerprint density at radius 3 is 2.36 bits per heavy atom. The van der Waals surface area contributed by atoms with Crippen LogP contribution in [0.5, 0.6) is 0 Å². The highest BCUT2D eigenvalue weighted by molar-refractivity contribution is 5.86. The molecule has 1 heterocycles. The summed E-state index contributed by atoms with van der Waals surface area (Å²) in [7, 11) is 1.94. The lowest BCUT2D eigenvalue weighted by Gasteiger charge is -2.48. The van der Waals surface area contributed by atoms with E-state index < -0.39 is 0 Å². The fraction of sp³-hybridized carbons (Fsp3) is 0.909. The Balaban J connectivity index is 2.49. The molecule has 1 N–H and O–H groups in total. The molecular weight excluding hydrogens is 176 g/mol. The van der Waals surface area contributed by atoms with Gasteiger partial charge in [-0.1, -0.05) is 0 Å². The molecule has 1 aliphatic rings. The van der Waals surface area contributed by atoms with Crippen LogP contribution in [0.25, 0.3) is 0 Å². The summed E-state index contributed by atoms with van der Waals surface area (Å²) in [6.07, 6.45) is 0.958. The number of nitrogens with zero attached hydrogens (tertiary/aromatic N) is 1.